The third-order valence-electron chi connectivity index (χ3n) is 3.79. The number of nitrogens with two attached hydrogens (primary N) is 1. The largest absolute Gasteiger partial charge is 0.380 e. The first-order chi connectivity index (χ1) is 10.6. The van der Waals surface area contributed by atoms with E-state index in [0.717, 1.165) is 25.2 Å². The monoisotopic (exact) mass is 379 g/mol. The lowest BCUT2D eigenvalue weighted by molar-refractivity contribution is -0.123. The molecule has 0 aliphatic carbocycles. The molecule has 1 atom stereocenters. The van der Waals surface area contributed by atoms with Crippen molar-refractivity contribution in [3.63, 3.8) is 0 Å². The highest BCUT2D eigenvalue weighted by Gasteiger charge is 2.11. The molecule has 0 aromatic heterocycles. The average molecular weight is 380 g/mol. The molecule has 1 aromatic carbocycles. The number of methoxy groups -OCH3 is 1. The van der Waals surface area contributed by atoms with Gasteiger partial charge < -0.3 is 15.8 Å². The fourth-order valence-electron chi connectivity index (χ4n) is 2.29. The highest BCUT2D eigenvalue weighted by molar-refractivity contribution is 5.85. The SMILES string of the molecule is CCN(CC)Cc1cccc(CNC(=O)CC(CN)OC)c1.Cl.Cl. The summed E-state index contributed by atoms with van der Waals surface area (Å²) in [6.07, 6.45) is 0.0839. The van der Waals surface area contributed by atoms with Crippen LogP contribution in [-0.2, 0) is 22.6 Å². The second kappa shape index (κ2) is 14.5. The second-order valence-corrected chi connectivity index (χ2v) is 5.36. The van der Waals surface area contributed by atoms with Gasteiger partial charge in [-0.15, -0.1) is 24.8 Å². The lowest BCUT2D eigenvalue weighted by atomic mass is 10.1. The van der Waals surface area contributed by atoms with Crippen molar-refractivity contribution in [3.05, 3.63) is 35.4 Å². The Morgan fingerprint density at radius 1 is 1.25 bits per heavy atom. The predicted molar refractivity (Wildman–Crippen MR) is 104 cm³/mol. The first kappa shape index (κ1) is 25.4. The highest BCUT2D eigenvalue weighted by Crippen LogP contribution is 2.08. The van der Waals surface area contributed by atoms with Crippen molar-refractivity contribution in [2.24, 2.45) is 5.73 Å². The lowest BCUT2D eigenvalue weighted by Gasteiger charge is -2.18. The van der Waals surface area contributed by atoms with Crippen molar-refractivity contribution >= 4 is 30.7 Å². The van der Waals surface area contributed by atoms with Gasteiger partial charge in [-0.05, 0) is 24.2 Å². The maximum absolute atomic E-state index is 11.8. The second-order valence-electron chi connectivity index (χ2n) is 5.36. The Hall–Kier alpha value is -0.850. The minimum absolute atomic E-state index is 0. The lowest BCUT2D eigenvalue weighted by Crippen LogP contribution is -2.31. The van der Waals surface area contributed by atoms with E-state index in [-0.39, 0.29) is 36.8 Å². The highest BCUT2D eigenvalue weighted by atomic mass is 35.5. The Bertz CT molecular complexity index is 453. The van der Waals surface area contributed by atoms with Gasteiger partial charge in [-0.3, -0.25) is 9.69 Å². The minimum atomic E-state index is -0.214. The van der Waals surface area contributed by atoms with Crippen LogP contribution in [0.1, 0.15) is 31.4 Å². The van der Waals surface area contributed by atoms with E-state index in [0.29, 0.717) is 19.5 Å². The van der Waals surface area contributed by atoms with Gasteiger partial charge in [0, 0.05) is 26.7 Å². The summed E-state index contributed by atoms with van der Waals surface area (Å²) in [4.78, 5) is 14.2. The molecule has 7 heteroatoms. The van der Waals surface area contributed by atoms with Crippen LogP contribution in [0.5, 0.6) is 0 Å². The summed E-state index contributed by atoms with van der Waals surface area (Å²) in [5.74, 6) is -0.0357. The van der Waals surface area contributed by atoms with Crippen molar-refractivity contribution in [1.29, 1.82) is 0 Å². The zero-order valence-corrected chi connectivity index (χ0v) is 16.4. The van der Waals surface area contributed by atoms with Gasteiger partial charge in [0.2, 0.25) is 5.91 Å². The third-order valence-corrected chi connectivity index (χ3v) is 3.79. The molecule has 0 radical (unpaired) electrons. The number of rotatable bonds is 10. The first-order valence-electron chi connectivity index (χ1n) is 7.92. The van der Waals surface area contributed by atoms with Gasteiger partial charge in [-0.25, -0.2) is 0 Å². The zero-order valence-electron chi connectivity index (χ0n) is 14.8. The van der Waals surface area contributed by atoms with Gasteiger partial charge in [0.15, 0.2) is 0 Å². The van der Waals surface area contributed by atoms with Crippen LogP contribution < -0.4 is 11.1 Å². The van der Waals surface area contributed by atoms with E-state index < -0.39 is 0 Å². The molecule has 0 saturated carbocycles. The van der Waals surface area contributed by atoms with Gasteiger partial charge in [-0.2, -0.15) is 0 Å². The van der Waals surface area contributed by atoms with E-state index >= 15 is 0 Å². The number of hydrogen-bond donors (Lipinski definition) is 2. The zero-order chi connectivity index (χ0) is 16.4. The fourth-order valence-corrected chi connectivity index (χ4v) is 2.29. The Balaban J connectivity index is 0. The molecule has 0 saturated heterocycles. The summed E-state index contributed by atoms with van der Waals surface area (Å²) in [6.45, 7) is 8.22. The van der Waals surface area contributed by atoms with Gasteiger partial charge in [0.1, 0.15) is 0 Å². The quantitative estimate of drug-likeness (QED) is 0.654. The molecule has 0 fully saturated rings. The maximum atomic E-state index is 11.8. The number of nitrogens with one attached hydrogen (secondary N) is 1. The summed E-state index contributed by atoms with van der Waals surface area (Å²) in [5.41, 5.74) is 7.90. The van der Waals surface area contributed by atoms with E-state index in [9.17, 15) is 4.79 Å². The van der Waals surface area contributed by atoms with Crippen molar-refractivity contribution < 1.29 is 9.53 Å². The summed E-state index contributed by atoms with van der Waals surface area (Å²) < 4.78 is 5.12. The Kier molecular flexibility index (Phi) is 15.3. The van der Waals surface area contributed by atoms with Gasteiger partial charge in [0.25, 0.3) is 0 Å². The van der Waals surface area contributed by atoms with Gasteiger partial charge >= 0.3 is 0 Å². The van der Waals surface area contributed by atoms with Crippen molar-refractivity contribution in [3.8, 4) is 0 Å². The standard InChI is InChI=1S/C17H29N3O2.2ClH/c1-4-20(5-2)13-15-8-6-7-14(9-15)12-19-17(21)10-16(11-18)22-3;;/h6-9,16H,4-5,10-13,18H2,1-3H3,(H,19,21);2*1H. The Morgan fingerprint density at radius 2 is 1.88 bits per heavy atom. The number of halogens is 2. The molecule has 1 rings (SSSR count). The summed E-state index contributed by atoms with van der Waals surface area (Å²) in [7, 11) is 1.57. The van der Waals surface area contributed by atoms with Crippen LogP contribution in [0.3, 0.4) is 0 Å². The van der Waals surface area contributed by atoms with Crippen LogP contribution >= 0.6 is 24.8 Å². The molecule has 1 amide bonds. The third kappa shape index (κ3) is 9.45. The predicted octanol–water partition coefficient (Wildman–Crippen LogP) is 2.35. The van der Waals surface area contributed by atoms with Crippen LogP contribution in [-0.4, -0.2) is 43.7 Å². The van der Waals surface area contributed by atoms with E-state index in [4.69, 9.17) is 10.5 Å². The molecule has 1 unspecified atom stereocenters. The molecule has 0 spiro atoms. The topological polar surface area (TPSA) is 67.6 Å². The number of carbonyl (C=O) groups excluding carboxylic acids is 1. The van der Waals surface area contributed by atoms with E-state index in [1.807, 2.05) is 12.1 Å². The van der Waals surface area contributed by atoms with Crippen LogP contribution in [0.15, 0.2) is 24.3 Å². The Labute approximate surface area is 158 Å². The van der Waals surface area contributed by atoms with Crippen molar-refractivity contribution in [2.45, 2.75) is 39.5 Å². The molecule has 0 bridgehead atoms. The fraction of sp³-hybridized carbons (Fsp3) is 0.588. The molecule has 3 N–H and O–H groups in total. The van der Waals surface area contributed by atoms with Crippen LogP contribution in [0.4, 0.5) is 0 Å². The first-order valence-corrected chi connectivity index (χ1v) is 7.92. The van der Waals surface area contributed by atoms with E-state index in [2.05, 4.69) is 36.2 Å². The minimum Gasteiger partial charge on any atom is -0.380 e. The molecule has 24 heavy (non-hydrogen) atoms. The number of nitrogens with zero attached hydrogens (tertiary/aromatic N) is 1. The van der Waals surface area contributed by atoms with Gasteiger partial charge in [0.05, 0.1) is 12.5 Å². The molecular weight excluding hydrogens is 349 g/mol. The molecular formula is C17H31Cl2N3O2. The number of ether oxygens (including phenoxy) is 1. The molecule has 140 valence electrons. The molecule has 5 nitrogen and oxygen atoms in total. The number of benzene rings is 1. The summed E-state index contributed by atoms with van der Waals surface area (Å²) in [5, 5.41) is 2.92. The Morgan fingerprint density at radius 3 is 2.42 bits per heavy atom. The van der Waals surface area contributed by atoms with Crippen LogP contribution in [0.25, 0.3) is 0 Å². The van der Waals surface area contributed by atoms with E-state index in [1.165, 1.54) is 5.56 Å². The number of hydrogen-bond acceptors (Lipinski definition) is 4. The number of amides is 1. The summed E-state index contributed by atoms with van der Waals surface area (Å²) in [6, 6.07) is 8.34. The smallest absolute Gasteiger partial charge is 0.222 e. The van der Waals surface area contributed by atoms with Crippen LogP contribution in [0.2, 0.25) is 0 Å². The van der Waals surface area contributed by atoms with Crippen LogP contribution in [0, 0.1) is 0 Å². The van der Waals surface area contributed by atoms with Crippen molar-refractivity contribution in [2.75, 3.05) is 26.7 Å². The average Bonchev–Trinajstić information content (AvgIpc) is 2.56. The molecule has 0 aliphatic rings. The molecule has 1 aromatic rings. The normalized spacial score (nSPS) is 11.4. The maximum Gasteiger partial charge on any atom is 0.222 e. The van der Waals surface area contributed by atoms with Crippen molar-refractivity contribution in [1.82, 2.24) is 10.2 Å². The van der Waals surface area contributed by atoms with Gasteiger partial charge in [-0.1, -0.05) is 38.1 Å². The van der Waals surface area contributed by atoms with E-state index in [1.54, 1.807) is 7.11 Å². The molecule has 0 heterocycles. The summed E-state index contributed by atoms with van der Waals surface area (Å²) >= 11 is 0. The molecule has 0 aliphatic heterocycles. The number of carbonyl (C=O) groups is 1.